The van der Waals surface area contributed by atoms with Crippen molar-refractivity contribution in [2.24, 2.45) is 0 Å². The van der Waals surface area contributed by atoms with Gasteiger partial charge < -0.3 is 4.43 Å². The zero-order valence-corrected chi connectivity index (χ0v) is 23.3. The van der Waals surface area contributed by atoms with Gasteiger partial charge in [0.2, 0.25) is 9.76 Å². The van der Waals surface area contributed by atoms with Gasteiger partial charge in [-0.15, -0.1) is 0 Å². The number of halogens is 1. The van der Waals surface area contributed by atoms with E-state index in [-0.39, 0.29) is 0 Å². The van der Waals surface area contributed by atoms with Gasteiger partial charge in [-0.1, -0.05) is 130 Å². The fraction of sp³-hybridized carbons (Fsp3) is 1.00. The first kappa shape index (κ1) is 29.7. The summed E-state index contributed by atoms with van der Waals surface area (Å²) < 4.78 is 5.82. The molecule has 4 heteroatoms. The lowest BCUT2D eigenvalue weighted by molar-refractivity contribution is 0.333. The van der Waals surface area contributed by atoms with E-state index in [2.05, 4.69) is 27.3 Å². The van der Waals surface area contributed by atoms with Crippen molar-refractivity contribution in [3.8, 4) is 0 Å². The monoisotopic (exact) mass is 460 g/mol. The molecule has 0 aliphatic heterocycles. The molecule has 0 spiro atoms. The maximum Gasteiger partial charge on any atom is 0.229 e. The van der Waals surface area contributed by atoms with Gasteiger partial charge in [0.25, 0.3) is 0 Å². The van der Waals surface area contributed by atoms with E-state index in [9.17, 15) is 0 Å². The first-order valence-electron chi connectivity index (χ1n) is 13.0. The van der Waals surface area contributed by atoms with Crippen molar-refractivity contribution in [2.45, 2.75) is 154 Å². The summed E-state index contributed by atoms with van der Waals surface area (Å²) in [5.41, 5.74) is 0.664. The molecule has 0 aliphatic rings. The predicted molar refractivity (Wildman–Crippen MR) is 138 cm³/mol. The molecule has 29 heavy (non-hydrogen) atoms. The van der Waals surface area contributed by atoms with Gasteiger partial charge in [-0.3, -0.25) is 0 Å². The van der Waals surface area contributed by atoms with Crippen LogP contribution in [-0.2, 0) is 4.43 Å². The van der Waals surface area contributed by atoms with E-state index >= 15 is 0 Å². The summed E-state index contributed by atoms with van der Waals surface area (Å²) in [7, 11) is -0.797. The maximum absolute atomic E-state index is 6.65. The molecule has 0 aromatic carbocycles. The SMILES string of the molecule is CCCCCCCCCCCCCCCCCC[Si]OCCC[Si](C)(Cl)C(C)C. The van der Waals surface area contributed by atoms with E-state index in [0.717, 1.165) is 13.0 Å². The van der Waals surface area contributed by atoms with Gasteiger partial charge in [0.1, 0.15) is 0 Å². The topological polar surface area (TPSA) is 9.23 Å². The molecule has 0 amide bonds. The van der Waals surface area contributed by atoms with Crippen LogP contribution in [0.25, 0.3) is 0 Å². The molecule has 0 saturated heterocycles. The van der Waals surface area contributed by atoms with Gasteiger partial charge in [-0.25, -0.2) is 0 Å². The lowest BCUT2D eigenvalue weighted by atomic mass is 10.0. The van der Waals surface area contributed by atoms with Gasteiger partial charge in [0, 0.05) is 6.61 Å². The van der Waals surface area contributed by atoms with Gasteiger partial charge in [-0.2, -0.15) is 11.1 Å². The summed E-state index contributed by atoms with van der Waals surface area (Å²) in [4.78, 5) is 0. The first-order chi connectivity index (χ1) is 14.0. The molecule has 0 aromatic heterocycles. The molecule has 1 nitrogen and oxygen atoms in total. The molecule has 0 heterocycles. The Morgan fingerprint density at radius 1 is 0.690 bits per heavy atom. The van der Waals surface area contributed by atoms with Crippen LogP contribution in [0.15, 0.2) is 0 Å². The fourth-order valence-corrected chi connectivity index (χ4v) is 6.31. The summed E-state index contributed by atoms with van der Waals surface area (Å²) in [6.07, 6.45) is 24.2. The molecule has 0 aliphatic carbocycles. The van der Waals surface area contributed by atoms with Crippen molar-refractivity contribution < 1.29 is 4.43 Å². The molecule has 1 atom stereocenters. The van der Waals surface area contributed by atoms with E-state index in [1.54, 1.807) is 0 Å². The lowest BCUT2D eigenvalue weighted by Gasteiger charge is -2.23. The van der Waals surface area contributed by atoms with E-state index in [1.165, 1.54) is 115 Å². The second-order valence-corrected chi connectivity index (χ2v) is 17.5. The van der Waals surface area contributed by atoms with Crippen LogP contribution in [0.2, 0.25) is 24.2 Å². The third kappa shape index (κ3) is 21.7. The third-order valence-electron chi connectivity index (χ3n) is 6.35. The van der Waals surface area contributed by atoms with Crippen LogP contribution in [-0.4, -0.2) is 23.8 Å². The third-order valence-corrected chi connectivity index (χ3v) is 12.9. The van der Waals surface area contributed by atoms with E-state index in [4.69, 9.17) is 15.5 Å². The molecule has 0 bridgehead atoms. The normalized spacial score (nSPS) is 13.9. The second kappa shape index (κ2) is 21.9. The highest BCUT2D eigenvalue weighted by atomic mass is 35.6. The van der Waals surface area contributed by atoms with Crippen molar-refractivity contribution >= 4 is 28.2 Å². The van der Waals surface area contributed by atoms with Crippen LogP contribution in [0.3, 0.4) is 0 Å². The van der Waals surface area contributed by atoms with Crippen molar-refractivity contribution in [3.05, 3.63) is 0 Å². The van der Waals surface area contributed by atoms with Crippen LogP contribution >= 0.6 is 11.1 Å². The van der Waals surface area contributed by atoms with Crippen molar-refractivity contribution in [2.75, 3.05) is 6.61 Å². The molecule has 2 radical (unpaired) electrons. The molecule has 1 unspecified atom stereocenters. The minimum atomic E-state index is -1.50. The molecule has 0 aromatic rings. The highest BCUT2D eigenvalue weighted by Crippen LogP contribution is 2.29. The summed E-state index contributed by atoms with van der Waals surface area (Å²) in [5.74, 6) is 0. The minimum Gasteiger partial charge on any atom is -0.417 e. The molecular weight excluding hydrogens is 408 g/mol. The van der Waals surface area contributed by atoms with Gasteiger partial charge in [-0.05, 0) is 24.1 Å². The molecular formula is C25H53ClOSi2. The Bertz CT molecular complexity index is 324. The minimum absolute atomic E-state index is 0.664. The van der Waals surface area contributed by atoms with Crippen LogP contribution in [0.5, 0.6) is 0 Å². The Morgan fingerprint density at radius 3 is 1.52 bits per heavy atom. The van der Waals surface area contributed by atoms with Crippen molar-refractivity contribution in [3.63, 3.8) is 0 Å². The van der Waals surface area contributed by atoms with Gasteiger partial charge in [0.05, 0.1) is 0 Å². The van der Waals surface area contributed by atoms with Crippen LogP contribution in [0, 0.1) is 0 Å². The summed E-state index contributed by atoms with van der Waals surface area (Å²) >= 11 is 6.65. The number of rotatable bonds is 23. The first-order valence-corrected chi connectivity index (χ1v) is 18.0. The number of hydrogen-bond donors (Lipinski definition) is 0. The Morgan fingerprint density at radius 2 is 1.10 bits per heavy atom. The average molecular weight is 461 g/mol. The molecule has 0 fully saturated rings. The van der Waals surface area contributed by atoms with Crippen LogP contribution in [0.4, 0.5) is 0 Å². The van der Waals surface area contributed by atoms with Crippen LogP contribution < -0.4 is 0 Å². The highest BCUT2D eigenvalue weighted by molar-refractivity contribution is 7.20. The zero-order valence-electron chi connectivity index (χ0n) is 20.5. The molecule has 0 rings (SSSR count). The van der Waals surface area contributed by atoms with Crippen LogP contribution in [0.1, 0.15) is 130 Å². The maximum atomic E-state index is 6.65. The highest BCUT2D eigenvalue weighted by Gasteiger charge is 2.27. The molecule has 0 saturated carbocycles. The average Bonchev–Trinajstić information content (AvgIpc) is 2.69. The number of unbranched alkanes of at least 4 members (excludes halogenated alkanes) is 15. The lowest BCUT2D eigenvalue weighted by Crippen LogP contribution is -2.26. The second-order valence-electron chi connectivity index (χ2n) is 9.58. The predicted octanol–water partition coefficient (Wildman–Crippen LogP) is 9.92. The summed E-state index contributed by atoms with van der Waals surface area (Å²) in [6, 6.07) is 2.45. The van der Waals surface area contributed by atoms with Gasteiger partial charge >= 0.3 is 0 Å². The Kier molecular flexibility index (Phi) is 22.4. The molecule has 174 valence electrons. The smallest absolute Gasteiger partial charge is 0.229 e. The van der Waals surface area contributed by atoms with Gasteiger partial charge in [0.15, 0.2) is 7.38 Å². The summed E-state index contributed by atoms with van der Waals surface area (Å²) in [6.45, 7) is 10.0. The molecule has 0 N–H and O–H groups in total. The fourth-order valence-electron chi connectivity index (χ4n) is 3.67. The van der Waals surface area contributed by atoms with E-state index in [0.29, 0.717) is 15.3 Å². The Balaban J connectivity index is 3.10. The summed E-state index contributed by atoms with van der Waals surface area (Å²) in [5, 5.41) is 0. The van der Waals surface area contributed by atoms with Crippen molar-refractivity contribution in [1.29, 1.82) is 0 Å². The largest absolute Gasteiger partial charge is 0.417 e. The zero-order chi connectivity index (χ0) is 21.6. The number of hydrogen-bond acceptors (Lipinski definition) is 1. The van der Waals surface area contributed by atoms with Crippen molar-refractivity contribution in [1.82, 2.24) is 0 Å². The van der Waals surface area contributed by atoms with E-state index in [1.807, 2.05) is 0 Å². The van der Waals surface area contributed by atoms with E-state index < -0.39 is 7.38 Å². The Labute approximate surface area is 193 Å². The standard InChI is InChI=1S/C25H53ClOSi2/c1-5-6-7-8-9-10-11-12-13-14-15-16-17-18-19-20-23-28-27-22-21-24-29(4,26)25(2)3/h25H,5-24H2,1-4H3. The Hall–Kier alpha value is 0.684. The quantitative estimate of drug-likeness (QED) is 0.0836.